The number of carbonyl (C=O) groups excluding carboxylic acids is 2. The summed E-state index contributed by atoms with van der Waals surface area (Å²) in [7, 11) is 0. The van der Waals surface area contributed by atoms with Gasteiger partial charge >= 0.3 is 5.97 Å². The van der Waals surface area contributed by atoms with E-state index in [0.29, 0.717) is 22.5 Å². The SMILES string of the molecule is Cc1cc(C)c(C(=O)OCC(=O)Nc2ccc(C#N)c(Cl)c2)c(Cl)n1. The van der Waals surface area contributed by atoms with E-state index in [1.54, 1.807) is 19.9 Å². The molecule has 25 heavy (non-hydrogen) atoms. The van der Waals surface area contributed by atoms with Crippen molar-refractivity contribution in [3.63, 3.8) is 0 Å². The fraction of sp³-hybridized carbons (Fsp3) is 0.176. The Hall–Kier alpha value is -2.62. The van der Waals surface area contributed by atoms with E-state index in [-0.39, 0.29) is 15.7 Å². The zero-order valence-corrected chi connectivity index (χ0v) is 14.9. The summed E-state index contributed by atoms with van der Waals surface area (Å²) < 4.78 is 4.98. The Morgan fingerprint density at radius 1 is 1.28 bits per heavy atom. The van der Waals surface area contributed by atoms with Crippen molar-refractivity contribution in [1.82, 2.24) is 4.98 Å². The summed E-state index contributed by atoms with van der Waals surface area (Å²) in [6.45, 7) is 2.96. The Balaban J connectivity index is 2.00. The van der Waals surface area contributed by atoms with E-state index in [4.69, 9.17) is 33.2 Å². The van der Waals surface area contributed by atoms with Crippen molar-refractivity contribution in [2.24, 2.45) is 0 Å². The van der Waals surface area contributed by atoms with Crippen LogP contribution in [0.1, 0.15) is 27.2 Å². The number of nitriles is 1. The minimum Gasteiger partial charge on any atom is -0.452 e. The number of benzene rings is 1. The van der Waals surface area contributed by atoms with Gasteiger partial charge in [-0.05, 0) is 43.7 Å². The van der Waals surface area contributed by atoms with Gasteiger partial charge in [-0.2, -0.15) is 5.26 Å². The standard InChI is InChI=1S/C17H13Cl2N3O3/c1-9-5-10(2)21-16(19)15(9)17(24)25-8-14(23)22-12-4-3-11(7-20)13(18)6-12/h3-6H,8H2,1-2H3,(H,22,23). The molecule has 0 atom stereocenters. The summed E-state index contributed by atoms with van der Waals surface area (Å²) >= 11 is 11.9. The number of hydrogen-bond donors (Lipinski definition) is 1. The molecule has 1 aromatic heterocycles. The molecular weight excluding hydrogens is 365 g/mol. The normalized spacial score (nSPS) is 10.0. The monoisotopic (exact) mass is 377 g/mol. The number of carbonyl (C=O) groups is 2. The Morgan fingerprint density at radius 3 is 2.60 bits per heavy atom. The number of nitrogens with one attached hydrogen (secondary N) is 1. The van der Waals surface area contributed by atoms with E-state index in [9.17, 15) is 9.59 Å². The third-order valence-electron chi connectivity index (χ3n) is 3.21. The van der Waals surface area contributed by atoms with Crippen LogP contribution in [0.3, 0.4) is 0 Å². The van der Waals surface area contributed by atoms with E-state index in [1.165, 1.54) is 18.2 Å². The number of aryl methyl sites for hydroxylation is 2. The first-order valence-corrected chi connectivity index (χ1v) is 7.87. The summed E-state index contributed by atoms with van der Waals surface area (Å²) in [6.07, 6.45) is 0. The molecule has 128 valence electrons. The summed E-state index contributed by atoms with van der Waals surface area (Å²) in [5.74, 6) is -1.29. The lowest BCUT2D eigenvalue weighted by atomic mass is 10.1. The van der Waals surface area contributed by atoms with Crippen LogP contribution in [0.25, 0.3) is 0 Å². The zero-order chi connectivity index (χ0) is 18.6. The maximum Gasteiger partial charge on any atom is 0.342 e. The topological polar surface area (TPSA) is 92.1 Å². The predicted molar refractivity (Wildman–Crippen MR) is 93.8 cm³/mol. The number of nitrogens with zero attached hydrogens (tertiary/aromatic N) is 2. The van der Waals surface area contributed by atoms with Crippen molar-refractivity contribution in [3.8, 4) is 6.07 Å². The van der Waals surface area contributed by atoms with E-state index in [1.807, 2.05) is 6.07 Å². The number of anilines is 1. The quantitative estimate of drug-likeness (QED) is 0.647. The van der Waals surface area contributed by atoms with E-state index < -0.39 is 18.5 Å². The van der Waals surface area contributed by atoms with Gasteiger partial charge in [0.05, 0.1) is 16.1 Å². The Labute approximate surface area is 154 Å². The maximum absolute atomic E-state index is 12.1. The first-order valence-electron chi connectivity index (χ1n) is 7.12. The van der Waals surface area contributed by atoms with Gasteiger partial charge in [0.1, 0.15) is 11.2 Å². The third-order valence-corrected chi connectivity index (χ3v) is 3.80. The lowest BCUT2D eigenvalue weighted by Crippen LogP contribution is -2.21. The Morgan fingerprint density at radius 2 is 2.00 bits per heavy atom. The molecule has 0 aliphatic rings. The number of ether oxygens (including phenoxy) is 1. The maximum atomic E-state index is 12.1. The lowest BCUT2D eigenvalue weighted by Gasteiger charge is -2.10. The number of rotatable bonds is 4. The molecule has 0 bridgehead atoms. The molecule has 1 aromatic carbocycles. The molecular formula is C17H13Cl2N3O3. The van der Waals surface area contributed by atoms with Crippen LogP contribution >= 0.6 is 23.2 Å². The number of pyridine rings is 1. The van der Waals surface area contributed by atoms with Gasteiger partial charge < -0.3 is 10.1 Å². The van der Waals surface area contributed by atoms with E-state index in [2.05, 4.69) is 10.3 Å². The summed E-state index contributed by atoms with van der Waals surface area (Å²) in [5, 5.41) is 11.6. The number of hydrogen-bond acceptors (Lipinski definition) is 5. The molecule has 1 N–H and O–H groups in total. The first-order chi connectivity index (χ1) is 11.8. The summed E-state index contributed by atoms with van der Waals surface area (Å²) in [5.41, 5.74) is 2.09. The second kappa shape index (κ2) is 7.97. The lowest BCUT2D eigenvalue weighted by molar-refractivity contribution is -0.119. The second-order valence-corrected chi connectivity index (χ2v) is 5.94. The van der Waals surface area contributed by atoms with Gasteiger partial charge in [0.2, 0.25) is 0 Å². The van der Waals surface area contributed by atoms with Crippen molar-refractivity contribution in [2.45, 2.75) is 13.8 Å². The fourth-order valence-corrected chi connectivity index (χ4v) is 2.70. The van der Waals surface area contributed by atoms with Crippen LogP contribution in [0.15, 0.2) is 24.3 Å². The average Bonchev–Trinajstić information content (AvgIpc) is 2.52. The molecule has 0 radical (unpaired) electrons. The number of amides is 1. The molecule has 0 saturated heterocycles. The molecule has 2 rings (SSSR count). The minimum absolute atomic E-state index is 0.0294. The van der Waals surface area contributed by atoms with Gasteiger partial charge in [0.15, 0.2) is 6.61 Å². The van der Waals surface area contributed by atoms with Gasteiger partial charge in [0.25, 0.3) is 5.91 Å². The molecule has 1 heterocycles. The van der Waals surface area contributed by atoms with Crippen molar-refractivity contribution in [1.29, 1.82) is 5.26 Å². The molecule has 0 fully saturated rings. The van der Waals surface area contributed by atoms with E-state index >= 15 is 0 Å². The molecule has 6 nitrogen and oxygen atoms in total. The van der Waals surface area contributed by atoms with Crippen molar-refractivity contribution < 1.29 is 14.3 Å². The van der Waals surface area contributed by atoms with Crippen molar-refractivity contribution >= 4 is 40.8 Å². The highest BCUT2D eigenvalue weighted by Gasteiger charge is 2.18. The minimum atomic E-state index is -0.733. The predicted octanol–water partition coefficient (Wildman–Crippen LogP) is 3.67. The molecule has 1 amide bonds. The van der Waals surface area contributed by atoms with Crippen LogP contribution < -0.4 is 5.32 Å². The molecule has 2 aromatic rings. The summed E-state index contributed by atoms with van der Waals surface area (Å²) in [6, 6.07) is 8.05. The van der Waals surface area contributed by atoms with Gasteiger partial charge in [-0.1, -0.05) is 23.2 Å². The van der Waals surface area contributed by atoms with Gasteiger partial charge in [-0.15, -0.1) is 0 Å². The first kappa shape index (κ1) is 18.7. The highest BCUT2D eigenvalue weighted by molar-refractivity contribution is 6.32. The number of halogens is 2. The van der Waals surface area contributed by atoms with Crippen LogP contribution in [-0.4, -0.2) is 23.5 Å². The Kier molecular flexibility index (Phi) is 5.97. The number of esters is 1. The largest absolute Gasteiger partial charge is 0.452 e. The molecule has 8 heteroatoms. The van der Waals surface area contributed by atoms with Crippen LogP contribution in [0.5, 0.6) is 0 Å². The van der Waals surface area contributed by atoms with Gasteiger partial charge in [-0.3, -0.25) is 4.79 Å². The van der Waals surface area contributed by atoms with Crippen LogP contribution in [0.2, 0.25) is 10.2 Å². The smallest absolute Gasteiger partial charge is 0.342 e. The Bertz CT molecular complexity index is 868. The van der Waals surface area contributed by atoms with Crippen LogP contribution in [-0.2, 0) is 9.53 Å². The second-order valence-electron chi connectivity index (χ2n) is 5.18. The third kappa shape index (κ3) is 4.69. The van der Waals surface area contributed by atoms with E-state index in [0.717, 1.165) is 0 Å². The van der Waals surface area contributed by atoms with Gasteiger partial charge in [-0.25, -0.2) is 9.78 Å². The zero-order valence-electron chi connectivity index (χ0n) is 13.4. The highest BCUT2D eigenvalue weighted by atomic mass is 35.5. The van der Waals surface area contributed by atoms with Crippen molar-refractivity contribution in [3.05, 3.63) is 56.8 Å². The van der Waals surface area contributed by atoms with Crippen LogP contribution in [0, 0.1) is 25.2 Å². The molecule has 0 unspecified atom stereocenters. The van der Waals surface area contributed by atoms with Crippen molar-refractivity contribution in [2.75, 3.05) is 11.9 Å². The molecule has 0 spiro atoms. The molecule has 0 aliphatic heterocycles. The fourth-order valence-electron chi connectivity index (χ4n) is 2.12. The number of aromatic nitrogens is 1. The summed E-state index contributed by atoms with van der Waals surface area (Å²) in [4.78, 5) is 28.0. The highest BCUT2D eigenvalue weighted by Crippen LogP contribution is 2.21. The van der Waals surface area contributed by atoms with Gasteiger partial charge in [0, 0.05) is 11.4 Å². The van der Waals surface area contributed by atoms with Crippen LogP contribution in [0.4, 0.5) is 5.69 Å². The molecule has 0 aliphatic carbocycles. The average molecular weight is 378 g/mol. The molecule has 0 saturated carbocycles.